The average Bonchev–Trinajstić information content (AvgIpc) is 2.23. The third kappa shape index (κ3) is 3.77. The van der Waals surface area contributed by atoms with Crippen molar-refractivity contribution in [2.75, 3.05) is 6.61 Å². The van der Waals surface area contributed by atoms with Gasteiger partial charge in [0.2, 0.25) is 0 Å². The zero-order chi connectivity index (χ0) is 15.8. The summed E-state index contributed by atoms with van der Waals surface area (Å²) >= 11 is 0. The Balaban J connectivity index is 3.02. The molecule has 0 aliphatic heterocycles. The SMILES string of the molecule is Bc1ccc(C(F)(F)F)c(OCC(F)(F)C(F)(F)F)c1. The van der Waals surface area contributed by atoms with Crippen LogP contribution in [0.15, 0.2) is 18.2 Å². The molecule has 1 nitrogen and oxygen atoms in total. The van der Waals surface area contributed by atoms with Gasteiger partial charge in [-0.3, -0.25) is 0 Å². The number of alkyl halides is 8. The lowest BCUT2D eigenvalue weighted by Crippen LogP contribution is -2.42. The van der Waals surface area contributed by atoms with Crippen LogP contribution in [-0.2, 0) is 6.18 Å². The maximum atomic E-state index is 12.6. The zero-order valence-corrected chi connectivity index (χ0v) is 9.87. The average molecular weight is 306 g/mol. The van der Waals surface area contributed by atoms with Crippen LogP contribution in [-0.4, -0.2) is 26.6 Å². The van der Waals surface area contributed by atoms with Gasteiger partial charge in [0.25, 0.3) is 0 Å². The van der Waals surface area contributed by atoms with Crippen LogP contribution in [0.1, 0.15) is 5.56 Å². The Hall–Kier alpha value is -1.48. The lowest BCUT2D eigenvalue weighted by Gasteiger charge is -2.21. The van der Waals surface area contributed by atoms with Gasteiger partial charge in [0.05, 0.1) is 5.56 Å². The summed E-state index contributed by atoms with van der Waals surface area (Å²) in [5.41, 5.74) is -1.19. The van der Waals surface area contributed by atoms with Crippen LogP contribution < -0.4 is 10.2 Å². The molecule has 20 heavy (non-hydrogen) atoms. The van der Waals surface area contributed by atoms with E-state index in [1.807, 2.05) is 0 Å². The van der Waals surface area contributed by atoms with Crippen LogP contribution in [0.3, 0.4) is 0 Å². The minimum absolute atomic E-state index is 0.225. The topological polar surface area (TPSA) is 9.23 Å². The molecule has 0 amide bonds. The molecule has 1 aromatic carbocycles. The van der Waals surface area contributed by atoms with Gasteiger partial charge in [-0.1, -0.05) is 11.5 Å². The molecule has 0 saturated heterocycles. The molecule has 0 radical (unpaired) electrons. The number of halogens is 8. The molecule has 0 aliphatic rings. The van der Waals surface area contributed by atoms with Crippen molar-refractivity contribution in [3.05, 3.63) is 23.8 Å². The Kier molecular flexibility index (Phi) is 4.26. The number of rotatable bonds is 3. The molecule has 0 heterocycles. The maximum Gasteiger partial charge on any atom is 0.456 e. The summed E-state index contributed by atoms with van der Waals surface area (Å²) in [5.74, 6) is -6.30. The van der Waals surface area contributed by atoms with Crippen LogP contribution >= 0.6 is 0 Å². The zero-order valence-electron chi connectivity index (χ0n) is 9.87. The third-order valence-corrected chi connectivity index (χ3v) is 2.27. The molecule has 0 unspecified atom stereocenters. The molecule has 0 atom stereocenters. The first-order chi connectivity index (χ1) is 8.84. The molecule has 0 bridgehead atoms. The van der Waals surface area contributed by atoms with Crippen molar-refractivity contribution < 1.29 is 39.9 Å². The van der Waals surface area contributed by atoms with Gasteiger partial charge in [-0.15, -0.1) is 0 Å². The molecular formula is C10H7BF8O. The van der Waals surface area contributed by atoms with Gasteiger partial charge in [-0.05, 0) is 12.1 Å². The molecule has 0 N–H and O–H groups in total. The van der Waals surface area contributed by atoms with Crippen molar-refractivity contribution in [1.82, 2.24) is 0 Å². The first-order valence-electron chi connectivity index (χ1n) is 5.10. The van der Waals surface area contributed by atoms with Crippen LogP contribution in [0, 0.1) is 0 Å². The van der Waals surface area contributed by atoms with Crippen molar-refractivity contribution in [2.45, 2.75) is 18.3 Å². The summed E-state index contributed by atoms with van der Waals surface area (Å²) in [5, 5.41) is 0. The van der Waals surface area contributed by atoms with Gasteiger partial charge in [-0.25, -0.2) is 0 Å². The quantitative estimate of drug-likeness (QED) is 0.616. The highest BCUT2D eigenvalue weighted by Crippen LogP contribution is 2.38. The standard InChI is InChI=1S/C10H7BF8O/c11-5-1-2-6(9(14,15)16)7(3-5)20-4-8(12,13)10(17,18)19/h1-3H,4,11H2. The van der Waals surface area contributed by atoms with E-state index in [1.54, 1.807) is 0 Å². The van der Waals surface area contributed by atoms with Crippen molar-refractivity contribution >= 4 is 13.3 Å². The van der Waals surface area contributed by atoms with Gasteiger partial charge < -0.3 is 4.74 Å². The highest BCUT2D eigenvalue weighted by Gasteiger charge is 2.58. The van der Waals surface area contributed by atoms with Gasteiger partial charge in [0, 0.05) is 0 Å². The lowest BCUT2D eigenvalue weighted by molar-refractivity contribution is -0.290. The largest absolute Gasteiger partial charge is 0.486 e. The van der Waals surface area contributed by atoms with Crippen LogP contribution in [0.5, 0.6) is 5.75 Å². The van der Waals surface area contributed by atoms with E-state index < -0.39 is 36.2 Å². The number of hydrogen-bond donors (Lipinski definition) is 0. The normalized spacial score (nSPS) is 13.4. The Bertz CT molecular complexity index is 479. The Morgan fingerprint density at radius 3 is 1.95 bits per heavy atom. The predicted octanol–water partition coefficient (Wildman–Crippen LogP) is 2.54. The summed E-state index contributed by atoms with van der Waals surface area (Å²) in [4.78, 5) is 0. The van der Waals surface area contributed by atoms with E-state index in [0.717, 1.165) is 12.1 Å². The van der Waals surface area contributed by atoms with E-state index in [4.69, 9.17) is 0 Å². The van der Waals surface area contributed by atoms with Crippen LogP contribution in [0.4, 0.5) is 35.1 Å². The molecule has 10 heteroatoms. The van der Waals surface area contributed by atoms with Gasteiger partial charge in [-0.2, -0.15) is 35.1 Å². The van der Waals surface area contributed by atoms with Crippen LogP contribution in [0.25, 0.3) is 0 Å². The molecule has 0 fully saturated rings. The number of benzene rings is 1. The fourth-order valence-electron chi connectivity index (χ4n) is 1.23. The van der Waals surface area contributed by atoms with Crippen molar-refractivity contribution in [3.8, 4) is 5.75 Å². The molecule has 112 valence electrons. The van der Waals surface area contributed by atoms with Gasteiger partial charge in [0.1, 0.15) is 13.6 Å². The summed E-state index contributed by atoms with van der Waals surface area (Å²) < 4.78 is 103. The summed E-state index contributed by atoms with van der Waals surface area (Å²) in [6.07, 6.45) is -10.8. The Labute approximate surface area is 108 Å². The van der Waals surface area contributed by atoms with E-state index >= 15 is 0 Å². The minimum atomic E-state index is -5.89. The van der Waals surface area contributed by atoms with E-state index in [1.165, 1.54) is 7.85 Å². The number of hydrogen-bond acceptors (Lipinski definition) is 1. The molecule has 0 spiro atoms. The molecule has 1 aromatic rings. The third-order valence-electron chi connectivity index (χ3n) is 2.27. The van der Waals surface area contributed by atoms with Crippen molar-refractivity contribution in [2.24, 2.45) is 0 Å². The van der Waals surface area contributed by atoms with Crippen LogP contribution in [0.2, 0.25) is 0 Å². The lowest BCUT2D eigenvalue weighted by atomic mass is 9.94. The Morgan fingerprint density at radius 1 is 0.950 bits per heavy atom. The molecule has 0 aromatic heterocycles. The summed E-state index contributed by atoms with van der Waals surface area (Å²) in [7, 11) is 1.34. The second-order valence-electron chi connectivity index (χ2n) is 3.99. The second kappa shape index (κ2) is 5.14. The van der Waals surface area contributed by atoms with Crippen molar-refractivity contribution in [3.63, 3.8) is 0 Å². The fourth-order valence-corrected chi connectivity index (χ4v) is 1.23. The first-order valence-corrected chi connectivity index (χ1v) is 5.10. The fraction of sp³-hybridized carbons (Fsp3) is 0.400. The van der Waals surface area contributed by atoms with Gasteiger partial charge in [0.15, 0.2) is 6.61 Å². The molecule has 0 saturated carbocycles. The maximum absolute atomic E-state index is 12.6. The predicted molar refractivity (Wildman–Crippen MR) is 56.1 cm³/mol. The van der Waals surface area contributed by atoms with E-state index in [9.17, 15) is 35.1 Å². The molecular weight excluding hydrogens is 299 g/mol. The summed E-state index contributed by atoms with van der Waals surface area (Å²) in [6, 6.07) is 2.34. The van der Waals surface area contributed by atoms with Gasteiger partial charge >= 0.3 is 18.3 Å². The molecule has 0 aliphatic carbocycles. The first kappa shape index (κ1) is 16.6. The Morgan fingerprint density at radius 2 is 1.50 bits per heavy atom. The highest BCUT2D eigenvalue weighted by molar-refractivity contribution is 6.32. The molecule has 1 rings (SSSR count). The monoisotopic (exact) mass is 306 g/mol. The van der Waals surface area contributed by atoms with E-state index in [-0.39, 0.29) is 5.46 Å². The highest BCUT2D eigenvalue weighted by atomic mass is 19.4. The number of ether oxygens (including phenoxy) is 1. The second-order valence-corrected chi connectivity index (χ2v) is 3.99. The van der Waals surface area contributed by atoms with Crippen molar-refractivity contribution in [1.29, 1.82) is 0 Å². The minimum Gasteiger partial charge on any atom is -0.486 e. The summed E-state index contributed by atoms with van der Waals surface area (Å²) in [6.45, 7) is -2.22. The smallest absolute Gasteiger partial charge is 0.456 e. The van der Waals surface area contributed by atoms with E-state index in [2.05, 4.69) is 4.74 Å². The van der Waals surface area contributed by atoms with E-state index in [0.29, 0.717) is 6.07 Å².